The third-order valence-electron chi connectivity index (χ3n) is 2.37. The van der Waals surface area contributed by atoms with Crippen molar-refractivity contribution in [1.82, 2.24) is 5.32 Å². The molecule has 1 N–H and O–H groups in total. The zero-order valence-electron chi connectivity index (χ0n) is 11.0. The Morgan fingerprint density at radius 3 is 2.43 bits per heavy atom. The van der Waals surface area contributed by atoms with Gasteiger partial charge in [-0.3, -0.25) is 9.00 Å². The molecule has 0 aliphatic rings. The maximum absolute atomic E-state index is 12.1. The normalized spacial score (nSPS) is 14.5. The van der Waals surface area contributed by atoms with Crippen molar-refractivity contribution in [2.75, 3.05) is 12.0 Å². The number of halogens is 3. The fourth-order valence-electron chi connectivity index (χ4n) is 1.60. The van der Waals surface area contributed by atoms with Crippen LogP contribution < -0.4 is 5.32 Å². The third-order valence-corrected chi connectivity index (χ3v) is 5.43. The van der Waals surface area contributed by atoms with E-state index in [-0.39, 0.29) is 27.4 Å². The largest absolute Gasteiger partial charge is 0.349 e. The van der Waals surface area contributed by atoms with Crippen LogP contribution in [0, 0.1) is 0 Å². The van der Waals surface area contributed by atoms with Crippen LogP contribution in [-0.4, -0.2) is 36.6 Å². The molecule has 0 radical (unpaired) electrons. The van der Waals surface area contributed by atoms with Crippen molar-refractivity contribution in [3.8, 4) is 0 Å². The Kier molecular flexibility index (Phi) is 6.49. The number of hydrogen-bond acceptors (Lipinski definition) is 4. The van der Waals surface area contributed by atoms with E-state index >= 15 is 0 Å². The molecule has 0 saturated heterocycles. The summed E-state index contributed by atoms with van der Waals surface area (Å²) >= 11 is 11.7. The lowest BCUT2D eigenvalue weighted by Gasteiger charge is -2.14. The van der Waals surface area contributed by atoms with Gasteiger partial charge in [0.1, 0.15) is 4.90 Å². The molecule has 1 amide bonds. The highest BCUT2D eigenvalue weighted by Crippen LogP contribution is 2.31. The van der Waals surface area contributed by atoms with E-state index in [2.05, 4.69) is 5.32 Å². The summed E-state index contributed by atoms with van der Waals surface area (Å²) in [4.78, 5) is 11.7. The molecule has 0 aliphatic heterocycles. The summed E-state index contributed by atoms with van der Waals surface area (Å²) in [7, 11) is 0.0245. The number of amides is 1. The lowest BCUT2D eigenvalue weighted by atomic mass is 10.2. The van der Waals surface area contributed by atoms with E-state index in [4.69, 9.17) is 33.9 Å². The Morgan fingerprint density at radius 1 is 1.38 bits per heavy atom. The van der Waals surface area contributed by atoms with Crippen LogP contribution in [0.2, 0.25) is 10.0 Å². The smallest absolute Gasteiger partial charge is 0.262 e. The van der Waals surface area contributed by atoms with Crippen LogP contribution in [-0.2, 0) is 19.9 Å². The predicted molar refractivity (Wildman–Crippen MR) is 85.4 cm³/mol. The van der Waals surface area contributed by atoms with Gasteiger partial charge in [-0.2, -0.15) is 0 Å². The summed E-state index contributed by atoms with van der Waals surface area (Å²) in [6.07, 6.45) is 1.51. The molecule has 10 heteroatoms. The number of nitrogens with one attached hydrogen (secondary N) is 1. The van der Waals surface area contributed by atoms with E-state index < -0.39 is 30.7 Å². The second kappa shape index (κ2) is 7.28. The van der Waals surface area contributed by atoms with Gasteiger partial charge in [-0.15, -0.1) is 0 Å². The number of rotatable bonds is 5. The van der Waals surface area contributed by atoms with Crippen molar-refractivity contribution < 1.29 is 17.4 Å². The number of hydrogen-bond donors (Lipinski definition) is 1. The van der Waals surface area contributed by atoms with Crippen molar-refractivity contribution in [1.29, 1.82) is 0 Å². The van der Waals surface area contributed by atoms with E-state index in [9.17, 15) is 17.4 Å². The number of carbonyl (C=O) groups excluding carboxylic acids is 1. The molecule has 0 aromatic heterocycles. The van der Waals surface area contributed by atoms with Crippen molar-refractivity contribution in [3.05, 3.63) is 27.7 Å². The van der Waals surface area contributed by atoms with Gasteiger partial charge in [-0.1, -0.05) is 23.2 Å². The molecule has 0 bridgehead atoms. The average molecular weight is 393 g/mol. The lowest BCUT2D eigenvalue weighted by Crippen LogP contribution is -2.36. The Morgan fingerprint density at radius 2 is 1.95 bits per heavy atom. The highest BCUT2D eigenvalue weighted by Gasteiger charge is 2.23. The third kappa shape index (κ3) is 5.41. The fraction of sp³-hybridized carbons (Fsp3) is 0.364. The van der Waals surface area contributed by atoms with Crippen LogP contribution in [0.15, 0.2) is 17.0 Å². The summed E-state index contributed by atoms with van der Waals surface area (Å²) in [6, 6.07) is 1.92. The molecule has 1 aromatic carbocycles. The quantitative estimate of drug-likeness (QED) is 0.780. The SMILES string of the molecule is CC(CS(C)=O)NC(=O)c1cc(Cl)cc(S(=O)(=O)Cl)c1Cl. The molecule has 0 fully saturated rings. The molecule has 0 aliphatic carbocycles. The summed E-state index contributed by atoms with van der Waals surface area (Å²) in [5.74, 6) is -0.369. The Balaban J connectivity index is 3.17. The fourth-order valence-corrected chi connectivity index (χ4v) is 4.25. The highest BCUT2D eigenvalue weighted by atomic mass is 35.7. The maximum Gasteiger partial charge on any atom is 0.262 e. The van der Waals surface area contributed by atoms with E-state index in [1.807, 2.05) is 0 Å². The minimum atomic E-state index is -4.13. The molecule has 118 valence electrons. The predicted octanol–water partition coefficient (Wildman–Crippen LogP) is 2.42. The van der Waals surface area contributed by atoms with Crippen molar-refractivity contribution in [3.63, 3.8) is 0 Å². The Labute approximate surface area is 139 Å². The second-order valence-corrected chi connectivity index (χ2v) is 9.15. The molecular weight excluding hydrogens is 381 g/mol. The first kappa shape index (κ1) is 18.7. The van der Waals surface area contributed by atoms with Crippen LogP contribution >= 0.6 is 33.9 Å². The van der Waals surface area contributed by atoms with Gasteiger partial charge in [0, 0.05) is 44.6 Å². The van der Waals surface area contributed by atoms with Crippen molar-refractivity contribution in [2.24, 2.45) is 0 Å². The van der Waals surface area contributed by atoms with Crippen LogP contribution in [0.3, 0.4) is 0 Å². The summed E-state index contributed by atoms with van der Waals surface area (Å²) in [5.41, 5.74) is -0.114. The first-order chi connectivity index (χ1) is 9.52. The van der Waals surface area contributed by atoms with Gasteiger partial charge in [-0.25, -0.2) is 8.42 Å². The molecule has 2 atom stereocenters. The van der Waals surface area contributed by atoms with Gasteiger partial charge < -0.3 is 5.32 Å². The average Bonchev–Trinajstić information content (AvgIpc) is 2.28. The van der Waals surface area contributed by atoms with Crippen LogP contribution in [0.5, 0.6) is 0 Å². The van der Waals surface area contributed by atoms with E-state index in [1.165, 1.54) is 12.3 Å². The van der Waals surface area contributed by atoms with Gasteiger partial charge in [0.25, 0.3) is 15.0 Å². The topological polar surface area (TPSA) is 80.3 Å². The maximum atomic E-state index is 12.1. The lowest BCUT2D eigenvalue weighted by molar-refractivity contribution is 0.0943. The van der Waals surface area contributed by atoms with Gasteiger partial charge in [-0.05, 0) is 19.1 Å². The van der Waals surface area contributed by atoms with Crippen molar-refractivity contribution >= 4 is 59.6 Å². The molecule has 0 saturated carbocycles. The standard InChI is InChI=1S/C11H12Cl3NO4S2/c1-6(5-20(2)17)15-11(16)8-3-7(12)4-9(10(8)13)21(14,18)19/h3-4,6H,5H2,1-2H3,(H,15,16). The number of benzene rings is 1. The summed E-state index contributed by atoms with van der Waals surface area (Å²) in [6.45, 7) is 1.66. The van der Waals surface area contributed by atoms with Crippen LogP contribution in [0.25, 0.3) is 0 Å². The monoisotopic (exact) mass is 391 g/mol. The first-order valence-corrected chi connectivity index (χ1v) is 10.4. The molecule has 0 spiro atoms. The molecule has 1 aromatic rings. The zero-order chi connectivity index (χ0) is 16.4. The zero-order valence-corrected chi connectivity index (χ0v) is 14.9. The Hall–Kier alpha value is -0.340. The van der Waals surface area contributed by atoms with Gasteiger partial charge in [0.05, 0.1) is 10.6 Å². The van der Waals surface area contributed by atoms with Crippen molar-refractivity contribution in [2.45, 2.75) is 17.9 Å². The van der Waals surface area contributed by atoms with Gasteiger partial charge in [0.15, 0.2) is 0 Å². The minimum absolute atomic E-state index is 0.00972. The molecular formula is C11H12Cl3NO4S2. The summed E-state index contributed by atoms with van der Waals surface area (Å²) < 4.78 is 33.9. The minimum Gasteiger partial charge on any atom is -0.349 e. The first-order valence-electron chi connectivity index (χ1n) is 5.57. The number of carbonyl (C=O) groups is 1. The molecule has 0 heterocycles. The molecule has 2 unspecified atom stereocenters. The Bertz CT molecular complexity index is 691. The summed E-state index contributed by atoms with van der Waals surface area (Å²) in [5, 5.41) is 2.26. The van der Waals surface area contributed by atoms with Crippen LogP contribution in [0.1, 0.15) is 17.3 Å². The molecule has 21 heavy (non-hydrogen) atoms. The highest BCUT2D eigenvalue weighted by molar-refractivity contribution is 8.13. The molecule has 5 nitrogen and oxygen atoms in total. The van der Waals surface area contributed by atoms with E-state index in [0.717, 1.165) is 6.07 Å². The van der Waals surface area contributed by atoms with E-state index in [0.29, 0.717) is 0 Å². The van der Waals surface area contributed by atoms with Crippen LogP contribution in [0.4, 0.5) is 0 Å². The van der Waals surface area contributed by atoms with Gasteiger partial charge >= 0.3 is 0 Å². The second-order valence-electron chi connectivity index (χ2n) is 4.32. The molecule has 1 rings (SSSR count). The van der Waals surface area contributed by atoms with E-state index in [1.54, 1.807) is 6.92 Å². The van der Waals surface area contributed by atoms with Gasteiger partial charge in [0.2, 0.25) is 0 Å².